The fourth-order valence-electron chi connectivity index (χ4n) is 6.88. The van der Waals surface area contributed by atoms with Crippen molar-refractivity contribution in [2.24, 2.45) is 5.41 Å². The average Bonchev–Trinajstić information content (AvgIpc) is 3.47. The highest BCUT2D eigenvalue weighted by molar-refractivity contribution is 5.89. The van der Waals surface area contributed by atoms with Crippen molar-refractivity contribution in [1.82, 2.24) is 19.9 Å². The molecule has 1 aromatic carbocycles. The summed E-state index contributed by atoms with van der Waals surface area (Å²) in [6.07, 6.45) is 3.61. The second-order valence-corrected chi connectivity index (χ2v) is 14.4. The molecule has 0 bridgehead atoms. The highest BCUT2D eigenvalue weighted by Gasteiger charge is 2.36. The van der Waals surface area contributed by atoms with Gasteiger partial charge in [0.05, 0.1) is 23.8 Å². The van der Waals surface area contributed by atoms with E-state index in [0.29, 0.717) is 23.8 Å². The number of anilines is 2. The summed E-state index contributed by atoms with van der Waals surface area (Å²) >= 11 is 0. The lowest BCUT2D eigenvalue weighted by Gasteiger charge is -2.41. The van der Waals surface area contributed by atoms with Gasteiger partial charge in [-0.15, -0.1) is 0 Å². The van der Waals surface area contributed by atoms with Gasteiger partial charge >= 0.3 is 12.0 Å². The smallest absolute Gasteiger partial charge is 0.337 e. The minimum absolute atomic E-state index is 0.236. The number of aromatic nitrogens is 4. The van der Waals surface area contributed by atoms with Crippen molar-refractivity contribution in [1.29, 1.82) is 0 Å². The molecule has 1 atom stereocenters. The van der Waals surface area contributed by atoms with Crippen LogP contribution in [0.4, 0.5) is 11.5 Å². The molecule has 0 saturated carbocycles. The number of benzene rings is 1. The number of nitrogens with one attached hydrogen (secondary N) is 1. The highest BCUT2D eigenvalue weighted by atomic mass is 16.5. The zero-order chi connectivity index (χ0) is 33.0. The molecule has 0 aliphatic carbocycles. The van der Waals surface area contributed by atoms with Gasteiger partial charge in [0.1, 0.15) is 11.5 Å². The van der Waals surface area contributed by atoms with Gasteiger partial charge < -0.3 is 29.4 Å². The molecule has 0 amide bonds. The number of rotatable bonds is 7. The first-order chi connectivity index (χ1) is 21.7. The molecule has 0 spiro atoms. The molecular formula is C36H46N6O4. The molecule has 1 fully saturated rings. The second-order valence-electron chi connectivity index (χ2n) is 14.4. The Hall–Kier alpha value is -4.18. The van der Waals surface area contributed by atoms with E-state index in [1.165, 1.54) is 11.1 Å². The minimum Gasteiger partial charge on any atom is -0.479 e. The molecule has 2 N–H and O–H groups in total. The molecule has 3 aromatic heterocycles. The average molecular weight is 627 g/mol. The number of hydrogen-bond donors (Lipinski definition) is 2. The SMILES string of the molecule is COc1nc(N2CCc3cc(-c4c(C)nc(C)c(C(OC(C)(C)C)C(=O)O)c4N4CCC(C)(C)CC4)ccc3C2)c2cc[nH]c2n1. The molecule has 4 aromatic rings. The van der Waals surface area contributed by atoms with Gasteiger partial charge in [0.2, 0.25) is 0 Å². The summed E-state index contributed by atoms with van der Waals surface area (Å²) < 4.78 is 11.7. The number of H-pyrrole nitrogens is 1. The number of fused-ring (bicyclic) bond motifs is 2. The largest absolute Gasteiger partial charge is 0.479 e. The number of piperidine rings is 1. The van der Waals surface area contributed by atoms with Crippen LogP contribution >= 0.6 is 0 Å². The number of aromatic amines is 1. The van der Waals surface area contributed by atoms with Gasteiger partial charge in [-0.05, 0) is 82.1 Å². The number of nitrogens with zero attached hydrogens (tertiary/aromatic N) is 5. The van der Waals surface area contributed by atoms with E-state index in [2.05, 4.69) is 51.8 Å². The van der Waals surface area contributed by atoms with E-state index in [1.54, 1.807) is 7.11 Å². The normalized spacial score (nSPS) is 17.2. The summed E-state index contributed by atoms with van der Waals surface area (Å²) in [4.78, 5) is 34.8. The third-order valence-electron chi connectivity index (χ3n) is 9.33. The van der Waals surface area contributed by atoms with Crippen LogP contribution in [0.3, 0.4) is 0 Å². The quantitative estimate of drug-likeness (QED) is 0.229. The fraction of sp³-hybridized carbons (Fsp3) is 0.500. The van der Waals surface area contributed by atoms with Gasteiger partial charge in [0.15, 0.2) is 6.10 Å². The molecule has 5 heterocycles. The number of ether oxygens (including phenoxy) is 2. The summed E-state index contributed by atoms with van der Waals surface area (Å²) in [6, 6.07) is 8.99. The first-order valence-electron chi connectivity index (χ1n) is 16.2. The van der Waals surface area contributed by atoms with Crippen molar-refractivity contribution < 1.29 is 19.4 Å². The predicted octanol–water partition coefficient (Wildman–Crippen LogP) is 6.78. The Bertz CT molecular complexity index is 1780. The molecule has 1 unspecified atom stereocenters. The van der Waals surface area contributed by atoms with Crippen LogP contribution in [0, 0.1) is 19.3 Å². The molecule has 10 nitrogen and oxygen atoms in total. The molecule has 2 aliphatic heterocycles. The Labute approximate surface area is 271 Å². The first-order valence-corrected chi connectivity index (χ1v) is 16.2. The van der Waals surface area contributed by atoms with Crippen molar-refractivity contribution in [3.8, 4) is 17.1 Å². The third-order valence-corrected chi connectivity index (χ3v) is 9.33. The van der Waals surface area contributed by atoms with E-state index in [0.717, 1.165) is 78.3 Å². The van der Waals surface area contributed by atoms with E-state index < -0.39 is 17.7 Å². The fourth-order valence-corrected chi connectivity index (χ4v) is 6.88. The minimum atomic E-state index is -1.14. The van der Waals surface area contributed by atoms with Gasteiger partial charge in [0, 0.05) is 54.9 Å². The number of carboxylic acids is 1. The van der Waals surface area contributed by atoms with Gasteiger partial charge in [-0.25, -0.2) is 4.79 Å². The van der Waals surface area contributed by atoms with E-state index in [1.807, 2.05) is 46.9 Å². The van der Waals surface area contributed by atoms with Gasteiger partial charge in [-0.3, -0.25) is 4.98 Å². The van der Waals surface area contributed by atoms with E-state index >= 15 is 0 Å². The Morgan fingerprint density at radius 2 is 1.74 bits per heavy atom. The zero-order valence-electron chi connectivity index (χ0n) is 28.3. The Morgan fingerprint density at radius 3 is 2.41 bits per heavy atom. The molecule has 6 rings (SSSR count). The standard InChI is InChI=1S/C36H46N6O4/c1-21-27(29(41-17-13-36(6,7)14-18-41)28(22(2)38-21)30(33(43)44)46-35(3,4)5)24-9-10-25-20-42(16-12-23(25)19-24)32-26-11-15-37-31(26)39-34(40-32)45-8/h9-11,15,19,30H,12-14,16-18,20H2,1-8H3,(H,43,44)(H,37,39,40). The summed E-state index contributed by atoms with van der Waals surface area (Å²) in [5, 5.41) is 11.5. The van der Waals surface area contributed by atoms with Crippen LogP contribution in [0.15, 0.2) is 30.5 Å². The van der Waals surface area contributed by atoms with Crippen LogP contribution in [0.5, 0.6) is 6.01 Å². The topological polar surface area (TPSA) is 117 Å². The summed E-state index contributed by atoms with van der Waals surface area (Å²) in [5.41, 5.74) is 8.06. The summed E-state index contributed by atoms with van der Waals surface area (Å²) in [6.45, 7) is 17.4. The van der Waals surface area contributed by atoms with E-state index in [4.69, 9.17) is 19.4 Å². The number of pyridine rings is 1. The Kier molecular flexibility index (Phi) is 8.21. The first kappa shape index (κ1) is 31.8. The van der Waals surface area contributed by atoms with Crippen molar-refractivity contribution in [3.05, 3.63) is 58.5 Å². The van der Waals surface area contributed by atoms with Crippen LogP contribution in [0.2, 0.25) is 0 Å². The van der Waals surface area contributed by atoms with Gasteiger partial charge in [0.25, 0.3) is 0 Å². The maximum atomic E-state index is 12.8. The highest BCUT2D eigenvalue weighted by Crippen LogP contribution is 2.45. The van der Waals surface area contributed by atoms with Crippen LogP contribution in [0.25, 0.3) is 22.2 Å². The number of carboxylic acid groups (broad SMARTS) is 1. The molecule has 10 heteroatoms. The number of aliphatic carboxylic acids is 1. The van der Waals surface area contributed by atoms with Crippen molar-refractivity contribution >= 4 is 28.5 Å². The lowest BCUT2D eigenvalue weighted by atomic mass is 9.81. The zero-order valence-corrected chi connectivity index (χ0v) is 28.3. The number of aryl methyl sites for hydroxylation is 2. The van der Waals surface area contributed by atoms with Gasteiger partial charge in [-0.1, -0.05) is 32.0 Å². The molecule has 0 radical (unpaired) electrons. The second kappa shape index (κ2) is 11.9. The van der Waals surface area contributed by atoms with Crippen LogP contribution in [-0.2, 0) is 22.5 Å². The Balaban J connectivity index is 1.44. The monoisotopic (exact) mass is 626 g/mol. The van der Waals surface area contributed by atoms with Gasteiger partial charge in [-0.2, -0.15) is 9.97 Å². The van der Waals surface area contributed by atoms with E-state index in [-0.39, 0.29) is 5.41 Å². The molecule has 244 valence electrons. The van der Waals surface area contributed by atoms with Crippen LogP contribution in [-0.4, -0.2) is 63.4 Å². The molecule has 46 heavy (non-hydrogen) atoms. The third kappa shape index (κ3) is 6.15. The molecule has 2 aliphatic rings. The summed E-state index contributed by atoms with van der Waals surface area (Å²) in [7, 11) is 1.58. The van der Waals surface area contributed by atoms with Crippen molar-refractivity contribution in [2.45, 2.75) is 86.0 Å². The molecular weight excluding hydrogens is 580 g/mol. The maximum absolute atomic E-state index is 12.8. The van der Waals surface area contributed by atoms with E-state index in [9.17, 15) is 9.90 Å². The lowest BCUT2D eigenvalue weighted by molar-refractivity contribution is -0.160. The summed E-state index contributed by atoms with van der Waals surface area (Å²) in [5.74, 6) is -0.147. The van der Waals surface area contributed by atoms with Crippen LogP contribution in [0.1, 0.15) is 81.6 Å². The number of hydrogen-bond acceptors (Lipinski definition) is 8. The Morgan fingerprint density at radius 1 is 1.00 bits per heavy atom. The number of methoxy groups -OCH3 is 1. The number of carbonyl (C=O) groups is 1. The predicted molar refractivity (Wildman–Crippen MR) is 181 cm³/mol. The molecule has 1 saturated heterocycles. The van der Waals surface area contributed by atoms with Crippen LogP contribution < -0.4 is 14.5 Å². The lowest BCUT2D eigenvalue weighted by Crippen LogP contribution is -2.39. The van der Waals surface area contributed by atoms with Crippen molar-refractivity contribution in [2.75, 3.05) is 36.5 Å². The maximum Gasteiger partial charge on any atom is 0.337 e. The van der Waals surface area contributed by atoms with Crippen molar-refractivity contribution in [3.63, 3.8) is 0 Å².